The molecular weight excluding hydrogens is 432 g/mol. The Morgan fingerprint density at radius 2 is 1.90 bits per heavy atom. The van der Waals surface area contributed by atoms with Crippen molar-refractivity contribution >= 4 is 28.5 Å². The van der Waals surface area contributed by atoms with Crippen molar-refractivity contribution in [3.63, 3.8) is 0 Å². The van der Waals surface area contributed by atoms with Crippen LogP contribution >= 0.6 is 11.6 Å². The number of aryl methyl sites for hydroxylation is 1. The lowest BCUT2D eigenvalue weighted by Gasteiger charge is -2.36. The molecule has 1 aliphatic rings. The van der Waals surface area contributed by atoms with Crippen LogP contribution < -0.4 is 4.90 Å². The molecule has 0 amide bonds. The van der Waals surface area contributed by atoms with Gasteiger partial charge in [0, 0.05) is 28.7 Å². The molecule has 1 unspecified atom stereocenters. The van der Waals surface area contributed by atoms with Crippen LogP contribution in [-0.2, 0) is 6.42 Å². The second-order valence-corrected chi connectivity index (χ2v) is 7.83. The molecule has 1 aliphatic heterocycles. The summed E-state index contributed by atoms with van der Waals surface area (Å²) in [4.78, 5) is 13.1. The number of nitrogens with one attached hydrogen (secondary N) is 1. The van der Waals surface area contributed by atoms with Gasteiger partial charge in [-0.2, -0.15) is 0 Å². The van der Waals surface area contributed by atoms with Crippen molar-refractivity contribution in [3.05, 3.63) is 87.3 Å². The molecule has 0 fully saturated rings. The molecule has 3 heterocycles. The van der Waals surface area contributed by atoms with Crippen molar-refractivity contribution in [2.24, 2.45) is 0 Å². The van der Waals surface area contributed by atoms with Gasteiger partial charge in [0.25, 0.3) is 0 Å². The maximum absolute atomic E-state index is 14.9. The first kappa shape index (κ1) is 19.8. The number of fused-ring (bicyclic) bond motifs is 3. The van der Waals surface area contributed by atoms with E-state index in [0.29, 0.717) is 29.6 Å². The molecule has 1 atom stereocenters. The van der Waals surface area contributed by atoms with Gasteiger partial charge in [-0.1, -0.05) is 23.7 Å². The molecule has 158 valence electrons. The van der Waals surface area contributed by atoms with Crippen LogP contribution in [0.1, 0.15) is 28.6 Å². The van der Waals surface area contributed by atoms with E-state index < -0.39 is 29.3 Å². The average molecular weight is 447 g/mol. The number of aromatic nitrogens is 3. The van der Waals surface area contributed by atoms with Gasteiger partial charge >= 0.3 is 0 Å². The third-order valence-corrected chi connectivity index (χ3v) is 5.90. The summed E-state index contributed by atoms with van der Waals surface area (Å²) >= 11 is 5.98. The fourth-order valence-electron chi connectivity index (χ4n) is 4.13. The van der Waals surface area contributed by atoms with E-state index >= 15 is 0 Å². The number of aromatic amines is 1. The largest absolute Gasteiger partial charge is 0.356 e. The Morgan fingerprint density at radius 3 is 2.68 bits per heavy atom. The highest BCUT2D eigenvalue weighted by Crippen LogP contribution is 2.41. The second kappa shape index (κ2) is 7.23. The van der Waals surface area contributed by atoms with Crippen molar-refractivity contribution in [3.8, 4) is 0 Å². The number of hydrogen-bond acceptors (Lipinski definition) is 3. The van der Waals surface area contributed by atoms with E-state index in [1.165, 1.54) is 31.2 Å². The van der Waals surface area contributed by atoms with Crippen LogP contribution in [-0.4, -0.2) is 21.5 Å². The highest BCUT2D eigenvalue weighted by Gasteiger charge is 2.35. The number of anilines is 1. The van der Waals surface area contributed by atoms with E-state index in [0.717, 1.165) is 17.8 Å². The summed E-state index contributed by atoms with van der Waals surface area (Å²) in [5.41, 5.74) is 2.06. The predicted molar refractivity (Wildman–Crippen MR) is 109 cm³/mol. The van der Waals surface area contributed by atoms with Crippen molar-refractivity contribution in [2.45, 2.75) is 19.4 Å². The van der Waals surface area contributed by atoms with Crippen LogP contribution in [0.15, 0.2) is 36.5 Å². The fourth-order valence-corrected chi connectivity index (χ4v) is 4.30. The molecule has 0 saturated carbocycles. The highest BCUT2D eigenvalue weighted by molar-refractivity contribution is 6.31. The summed E-state index contributed by atoms with van der Waals surface area (Å²) in [6.45, 7) is 1.85. The third-order valence-electron chi connectivity index (χ3n) is 5.61. The lowest BCUT2D eigenvalue weighted by Crippen LogP contribution is -2.38. The number of benzene rings is 2. The first-order valence-electron chi connectivity index (χ1n) is 9.54. The van der Waals surface area contributed by atoms with Gasteiger partial charge in [0.15, 0.2) is 17.5 Å². The van der Waals surface area contributed by atoms with Crippen molar-refractivity contribution < 1.29 is 17.6 Å². The zero-order valence-electron chi connectivity index (χ0n) is 16.2. The molecule has 0 radical (unpaired) electrons. The Hall–Kier alpha value is -3.13. The van der Waals surface area contributed by atoms with Gasteiger partial charge in [0.2, 0.25) is 5.95 Å². The summed E-state index contributed by atoms with van der Waals surface area (Å²) in [5.74, 6) is -2.97. The monoisotopic (exact) mass is 446 g/mol. The van der Waals surface area contributed by atoms with Crippen molar-refractivity contribution in [1.29, 1.82) is 0 Å². The van der Waals surface area contributed by atoms with Gasteiger partial charge in [-0.05, 0) is 37.1 Å². The summed E-state index contributed by atoms with van der Waals surface area (Å²) < 4.78 is 56.8. The highest BCUT2D eigenvalue weighted by atomic mass is 35.5. The van der Waals surface area contributed by atoms with Crippen LogP contribution in [0.2, 0.25) is 5.02 Å². The Kier molecular flexibility index (Phi) is 4.62. The molecule has 0 aliphatic carbocycles. The number of nitrogens with zero attached hydrogens (tertiary/aromatic N) is 3. The van der Waals surface area contributed by atoms with Crippen molar-refractivity contribution in [1.82, 2.24) is 15.0 Å². The molecule has 5 rings (SSSR count). The van der Waals surface area contributed by atoms with Crippen LogP contribution in [0, 0.1) is 30.2 Å². The third kappa shape index (κ3) is 3.13. The quantitative estimate of drug-likeness (QED) is 0.406. The molecule has 0 bridgehead atoms. The minimum Gasteiger partial charge on any atom is -0.356 e. The minimum atomic E-state index is -1.01. The molecule has 0 spiro atoms. The normalized spacial score (nSPS) is 16.1. The van der Waals surface area contributed by atoms with Crippen molar-refractivity contribution in [2.75, 3.05) is 11.4 Å². The maximum atomic E-state index is 14.9. The van der Waals surface area contributed by atoms with E-state index in [2.05, 4.69) is 15.0 Å². The standard InChI is InChI=1S/C22H15ClF4N4/c1-10-17(26)9-28-22(29-10)31-6-5-11-13-7-14(23)16(25)8-18(13)30-20(11)21(31)12-3-2-4-15(24)19(12)27/h2-4,7-9,21,30H,5-6H2,1H3. The second-order valence-electron chi connectivity index (χ2n) is 7.42. The molecule has 4 nitrogen and oxygen atoms in total. The van der Waals surface area contributed by atoms with E-state index in [4.69, 9.17) is 11.6 Å². The summed E-state index contributed by atoms with van der Waals surface area (Å²) in [5, 5.41) is 0.682. The molecule has 4 aromatic rings. The van der Waals surface area contributed by atoms with Crippen LogP contribution in [0.4, 0.5) is 23.5 Å². The lowest BCUT2D eigenvalue weighted by atomic mass is 9.92. The summed E-state index contributed by atoms with van der Waals surface area (Å²) in [6, 6.07) is 5.88. The van der Waals surface area contributed by atoms with E-state index in [9.17, 15) is 17.6 Å². The average Bonchev–Trinajstić information content (AvgIpc) is 3.09. The van der Waals surface area contributed by atoms with Crippen LogP contribution in [0.3, 0.4) is 0 Å². The molecular formula is C22H15ClF4N4. The van der Waals surface area contributed by atoms with Gasteiger partial charge in [0.1, 0.15) is 11.9 Å². The zero-order chi connectivity index (χ0) is 21.9. The van der Waals surface area contributed by atoms with Crippen LogP contribution in [0.25, 0.3) is 10.9 Å². The molecule has 0 saturated heterocycles. The van der Waals surface area contributed by atoms with E-state index in [1.807, 2.05) is 0 Å². The molecule has 1 N–H and O–H groups in total. The predicted octanol–water partition coefficient (Wildman–Crippen LogP) is 5.63. The first-order chi connectivity index (χ1) is 14.8. The first-order valence-corrected chi connectivity index (χ1v) is 9.92. The number of halogens is 5. The van der Waals surface area contributed by atoms with E-state index in [-0.39, 0.29) is 22.2 Å². The number of H-pyrrole nitrogens is 1. The Morgan fingerprint density at radius 1 is 1.10 bits per heavy atom. The summed E-state index contributed by atoms with van der Waals surface area (Å²) in [7, 11) is 0. The smallest absolute Gasteiger partial charge is 0.226 e. The molecule has 2 aromatic carbocycles. The van der Waals surface area contributed by atoms with Crippen LogP contribution in [0.5, 0.6) is 0 Å². The van der Waals surface area contributed by atoms with E-state index in [1.54, 1.807) is 4.90 Å². The lowest BCUT2D eigenvalue weighted by molar-refractivity contribution is 0.485. The van der Waals surface area contributed by atoms with Gasteiger partial charge in [0.05, 0.1) is 16.9 Å². The molecule has 9 heteroatoms. The van der Waals surface area contributed by atoms with Gasteiger partial charge in [-0.3, -0.25) is 0 Å². The SMILES string of the molecule is Cc1nc(N2CCc3c([nH]c4cc(F)c(Cl)cc34)C2c2cccc(F)c2F)ncc1F. The molecule has 2 aromatic heterocycles. The number of rotatable bonds is 2. The van der Waals surface area contributed by atoms with Gasteiger partial charge in [-0.25, -0.2) is 27.5 Å². The number of hydrogen-bond donors (Lipinski definition) is 1. The maximum Gasteiger partial charge on any atom is 0.226 e. The fraction of sp³-hybridized carbons (Fsp3) is 0.182. The van der Waals surface area contributed by atoms with Gasteiger partial charge in [-0.15, -0.1) is 0 Å². The Balaban J connectivity index is 1.76. The molecule has 31 heavy (non-hydrogen) atoms. The minimum absolute atomic E-state index is 0.0253. The Labute approximate surface area is 179 Å². The topological polar surface area (TPSA) is 44.8 Å². The Bertz CT molecular complexity index is 1340. The van der Waals surface area contributed by atoms with Gasteiger partial charge < -0.3 is 9.88 Å². The summed E-state index contributed by atoms with van der Waals surface area (Å²) in [6.07, 6.45) is 1.54. The zero-order valence-corrected chi connectivity index (χ0v) is 16.9.